The van der Waals surface area contributed by atoms with Gasteiger partial charge in [-0.1, -0.05) is 18.2 Å². The van der Waals surface area contributed by atoms with E-state index in [1.165, 1.54) is 36.1 Å². The molecule has 0 bridgehead atoms. The first kappa shape index (κ1) is 14.1. The predicted octanol–water partition coefficient (Wildman–Crippen LogP) is 3.27. The minimum absolute atomic E-state index is 0.340. The summed E-state index contributed by atoms with van der Waals surface area (Å²) >= 11 is 0. The fraction of sp³-hybridized carbons (Fsp3) is 0.667. The van der Waals surface area contributed by atoms with Gasteiger partial charge in [0.25, 0.3) is 0 Å². The van der Waals surface area contributed by atoms with Crippen LogP contribution in [0.15, 0.2) is 18.2 Å². The van der Waals surface area contributed by atoms with Gasteiger partial charge in [-0.2, -0.15) is 0 Å². The highest BCUT2D eigenvalue weighted by Gasteiger charge is 2.45. The van der Waals surface area contributed by atoms with Gasteiger partial charge in [-0.05, 0) is 63.1 Å². The molecule has 0 aromatic heterocycles. The highest BCUT2D eigenvalue weighted by molar-refractivity contribution is 5.30. The summed E-state index contributed by atoms with van der Waals surface area (Å²) in [5.41, 5.74) is 4.60. The number of hydrogen-bond acceptors (Lipinski definition) is 2. The number of hydrogen-bond donors (Lipinski definition) is 1. The Labute approximate surface area is 123 Å². The molecule has 1 heterocycles. The maximum Gasteiger partial charge on any atom is 0.0309 e. The van der Waals surface area contributed by atoms with Crippen molar-refractivity contribution in [2.75, 3.05) is 13.1 Å². The van der Waals surface area contributed by atoms with E-state index in [4.69, 9.17) is 0 Å². The van der Waals surface area contributed by atoms with Crippen molar-refractivity contribution in [2.45, 2.75) is 58.7 Å². The molecule has 1 aliphatic heterocycles. The quantitative estimate of drug-likeness (QED) is 0.908. The van der Waals surface area contributed by atoms with Crippen LogP contribution in [0.1, 0.15) is 43.4 Å². The lowest BCUT2D eigenvalue weighted by molar-refractivity contribution is 0.0770. The van der Waals surface area contributed by atoms with E-state index >= 15 is 0 Å². The molecule has 1 aliphatic carbocycles. The van der Waals surface area contributed by atoms with Gasteiger partial charge in [0.05, 0.1) is 0 Å². The Balaban J connectivity index is 1.72. The van der Waals surface area contributed by atoms with Crippen LogP contribution < -0.4 is 5.32 Å². The molecular weight excluding hydrogens is 244 g/mol. The molecule has 1 saturated carbocycles. The van der Waals surface area contributed by atoms with E-state index in [1.54, 1.807) is 0 Å². The Morgan fingerprint density at radius 1 is 1.25 bits per heavy atom. The lowest BCUT2D eigenvalue weighted by Gasteiger charge is -2.45. The smallest absolute Gasteiger partial charge is 0.0309 e. The fourth-order valence-corrected chi connectivity index (χ4v) is 3.49. The summed E-state index contributed by atoms with van der Waals surface area (Å²) in [5.74, 6) is 0.900. The van der Waals surface area contributed by atoms with Crippen molar-refractivity contribution in [2.24, 2.45) is 5.92 Å². The van der Waals surface area contributed by atoms with E-state index in [1.807, 2.05) is 0 Å². The summed E-state index contributed by atoms with van der Waals surface area (Å²) in [6.45, 7) is 12.6. The molecule has 2 fully saturated rings. The summed E-state index contributed by atoms with van der Waals surface area (Å²) in [7, 11) is 0. The lowest BCUT2D eigenvalue weighted by Crippen LogP contribution is -2.62. The molecule has 2 nitrogen and oxygen atoms in total. The third kappa shape index (κ3) is 2.77. The van der Waals surface area contributed by atoms with Gasteiger partial charge in [0.1, 0.15) is 0 Å². The second kappa shape index (κ2) is 5.16. The average Bonchev–Trinajstić information content (AvgIpc) is 3.23. The van der Waals surface area contributed by atoms with Crippen LogP contribution in [-0.4, -0.2) is 29.6 Å². The molecule has 1 saturated heterocycles. The van der Waals surface area contributed by atoms with Crippen molar-refractivity contribution >= 4 is 0 Å². The zero-order chi connectivity index (χ0) is 14.3. The SMILES string of the molecule is Cc1ccc(CN2CC(C)(C3CC3)NCC2C)cc1C. The largest absolute Gasteiger partial charge is 0.308 e. The second-order valence-electron chi connectivity index (χ2n) is 7.25. The van der Waals surface area contributed by atoms with Crippen LogP contribution in [0.3, 0.4) is 0 Å². The summed E-state index contributed by atoms with van der Waals surface area (Å²) in [5, 5.41) is 3.80. The van der Waals surface area contributed by atoms with Gasteiger partial charge in [0.2, 0.25) is 0 Å². The monoisotopic (exact) mass is 272 g/mol. The van der Waals surface area contributed by atoms with Crippen LogP contribution in [0.25, 0.3) is 0 Å². The van der Waals surface area contributed by atoms with E-state index in [2.05, 4.69) is 56.1 Å². The van der Waals surface area contributed by atoms with Crippen molar-refractivity contribution in [1.29, 1.82) is 0 Å². The molecule has 1 N–H and O–H groups in total. The molecule has 0 amide bonds. The molecule has 0 radical (unpaired) electrons. The van der Waals surface area contributed by atoms with Crippen molar-refractivity contribution < 1.29 is 0 Å². The lowest BCUT2D eigenvalue weighted by atomic mass is 9.91. The first-order valence-corrected chi connectivity index (χ1v) is 8.03. The minimum atomic E-state index is 0.340. The molecule has 110 valence electrons. The summed E-state index contributed by atoms with van der Waals surface area (Å²) in [4.78, 5) is 2.67. The Morgan fingerprint density at radius 2 is 2.00 bits per heavy atom. The van der Waals surface area contributed by atoms with Crippen LogP contribution in [0.2, 0.25) is 0 Å². The predicted molar refractivity (Wildman–Crippen MR) is 84.9 cm³/mol. The fourth-order valence-electron chi connectivity index (χ4n) is 3.49. The van der Waals surface area contributed by atoms with Crippen molar-refractivity contribution in [3.05, 3.63) is 34.9 Å². The topological polar surface area (TPSA) is 15.3 Å². The van der Waals surface area contributed by atoms with Crippen LogP contribution in [0.4, 0.5) is 0 Å². The maximum absolute atomic E-state index is 3.80. The Bertz CT molecular complexity index is 492. The maximum atomic E-state index is 3.80. The van der Waals surface area contributed by atoms with Gasteiger partial charge in [-0.15, -0.1) is 0 Å². The molecule has 2 aliphatic rings. The van der Waals surface area contributed by atoms with Gasteiger partial charge in [-0.3, -0.25) is 4.90 Å². The van der Waals surface area contributed by atoms with E-state index in [0.29, 0.717) is 11.6 Å². The van der Waals surface area contributed by atoms with Crippen molar-refractivity contribution in [3.8, 4) is 0 Å². The average molecular weight is 272 g/mol. The van der Waals surface area contributed by atoms with Crippen LogP contribution >= 0.6 is 0 Å². The Kier molecular flexibility index (Phi) is 3.64. The molecule has 2 heteroatoms. The third-order valence-electron chi connectivity index (χ3n) is 5.39. The summed E-state index contributed by atoms with van der Waals surface area (Å²) in [6, 6.07) is 7.55. The second-order valence-corrected chi connectivity index (χ2v) is 7.25. The minimum Gasteiger partial charge on any atom is -0.308 e. The third-order valence-corrected chi connectivity index (χ3v) is 5.39. The number of rotatable bonds is 3. The van der Waals surface area contributed by atoms with Gasteiger partial charge < -0.3 is 5.32 Å². The van der Waals surface area contributed by atoms with E-state index in [9.17, 15) is 0 Å². The molecule has 20 heavy (non-hydrogen) atoms. The van der Waals surface area contributed by atoms with E-state index in [-0.39, 0.29) is 0 Å². The van der Waals surface area contributed by atoms with Crippen LogP contribution in [0.5, 0.6) is 0 Å². The number of nitrogens with zero attached hydrogens (tertiary/aromatic N) is 1. The zero-order valence-corrected chi connectivity index (χ0v) is 13.4. The Hall–Kier alpha value is -0.860. The Morgan fingerprint density at radius 3 is 2.65 bits per heavy atom. The highest BCUT2D eigenvalue weighted by atomic mass is 15.3. The van der Waals surface area contributed by atoms with Crippen molar-refractivity contribution in [1.82, 2.24) is 10.2 Å². The number of benzene rings is 1. The molecule has 1 aromatic rings. The molecule has 3 rings (SSSR count). The molecule has 2 atom stereocenters. The number of aryl methyl sites for hydroxylation is 2. The van der Waals surface area contributed by atoms with Crippen molar-refractivity contribution in [3.63, 3.8) is 0 Å². The zero-order valence-electron chi connectivity index (χ0n) is 13.4. The first-order valence-electron chi connectivity index (χ1n) is 8.03. The molecule has 2 unspecified atom stereocenters. The number of piperazine rings is 1. The standard InChI is InChI=1S/C18H28N2/c1-13-5-6-16(9-14(13)2)11-20-12-18(4,17-7-8-17)19-10-15(20)3/h5-6,9,15,17,19H,7-8,10-12H2,1-4H3. The van der Waals surface area contributed by atoms with E-state index in [0.717, 1.165) is 19.0 Å². The highest BCUT2D eigenvalue weighted by Crippen LogP contribution is 2.41. The molecular formula is C18H28N2. The van der Waals surface area contributed by atoms with Gasteiger partial charge in [-0.25, -0.2) is 0 Å². The van der Waals surface area contributed by atoms with Crippen LogP contribution in [-0.2, 0) is 6.54 Å². The summed E-state index contributed by atoms with van der Waals surface area (Å²) in [6.07, 6.45) is 2.82. The van der Waals surface area contributed by atoms with Gasteiger partial charge in [0, 0.05) is 31.2 Å². The van der Waals surface area contributed by atoms with Gasteiger partial charge >= 0.3 is 0 Å². The molecule has 0 spiro atoms. The summed E-state index contributed by atoms with van der Waals surface area (Å²) < 4.78 is 0. The van der Waals surface area contributed by atoms with Crippen LogP contribution in [0, 0.1) is 19.8 Å². The molecule has 1 aromatic carbocycles. The number of nitrogens with one attached hydrogen (secondary N) is 1. The van der Waals surface area contributed by atoms with E-state index < -0.39 is 0 Å². The normalized spacial score (nSPS) is 31.5. The van der Waals surface area contributed by atoms with Gasteiger partial charge in [0.15, 0.2) is 0 Å². The first-order chi connectivity index (χ1) is 9.48.